The summed E-state index contributed by atoms with van der Waals surface area (Å²) in [5.74, 6) is 0.202. The lowest BCUT2D eigenvalue weighted by Crippen LogP contribution is -1.79. The molecule has 0 fully saturated rings. The van der Waals surface area contributed by atoms with Crippen LogP contribution < -0.4 is 0 Å². The number of aromatic nitrogens is 1. The Balaban J connectivity index is 2.91. The van der Waals surface area contributed by atoms with Crippen LogP contribution in [0.3, 0.4) is 0 Å². The summed E-state index contributed by atoms with van der Waals surface area (Å²) >= 11 is 3.16. The molecule has 1 aromatic heterocycles. The van der Waals surface area contributed by atoms with Crippen LogP contribution in [0.1, 0.15) is 0 Å². The van der Waals surface area contributed by atoms with Crippen LogP contribution in [0.5, 0.6) is 5.75 Å². The van der Waals surface area contributed by atoms with E-state index in [4.69, 9.17) is 0 Å². The monoisotopic (exact) mass is 223 g/mol. The summed E-state index contributed by atoms with van der Waals surface area (Å²) in [6.45, 7) is 0. The van der Waals surface area contributed by atoms with Gasteiger partial charge in [-0.05, 0) is 15.9 Å². The minimum atomic E-state index is 0.202. The van der Waals surface area contributed by atoms with Gasteiger partial charge in [0, 0.05) is 17.0 Å². The van der Waals surface area contributed by atoms with E-state index >= 15 is 0 Å². The van der Waals surface area contributed by atoms with Crippen molar-refractivity contribution in [2.24, 2.45) is 0 Å². The molecular weight excluding hydrogens is 218 g/mol. The van der Waals surface area contributed by atoms with Gasteiger partial charge in [0.15, 0.2) is 5.75 Å². The lowest BCUT2D eigenvalue weighted by molar-refractivity contribution is 0.475. The summed E-state index contributed by atoms with van der Waals surface area (Å²) in [4.78, 5) is 3.97. The zero-order valence-corrected chi connectivity index (χ0v) is 7.75. The van der Waals surface area contributed by atoms with Gasteiger partial charge in [-0.2, -0.15) is 0 Å². The lowest BCUT2D eigenvalue weighted by Gasteiger charge is -2.00. The zero-order chi connectivity index (χ0) is 8.55. The molecule has 0 atom stereocenters. The normalized spacial score (nSPS) is 10.4. The van der Waals surface area contributed by atoms with Crippen molar-refractivity contribution in [3.63, 3.8) is 0 Å². The van der Waals surface area contributed by atoms with Crippen molar-refractivity contribution in [3.05, 3.63) is 35.1 Å². The van der Waals surface area contributed by atoms with E-state index in [-0.39, 0.29) is 5.75 Å². The smallest absolute Gasteiger partial charge is 0.156 e. The SMILES string of the molecule is Oc1c(Br)ncc2ccccc12. The number of fused-ring (bicyclic) bond motifs is 1. The molecule has 1 aromatic carbocycles. The summed E-state index contributed by atoms with van der Waals surface area (Å²) in [7, 11) is 0. The first kappa shape index (κ1) is 7.55. The number of hydrogen-bond donors (Lipinski definition) is 1. The number of nitrogens with zero attached hydrogens (tertiary/aromatic N) is 1. The maximum atomic E-state index is 9.55. The Kier molecular flexibility index (Phi) is 1.73. The number of halogens is 1. The van der Waals surface area contributed by atoms with Gasteiger partial charge in [0.1, 0.15) is 4.60 Å². The number of pyridine rings is 1. The Labute approximate surface area is 78.0 Å². The summed E-state index contributed by atoms with van der Waals surface area (Å²) in [5.41, 5.74) is 0. The van der Waals surface area contributed by atoms with E-state index < -0.39 is 0 Å². The summed E-state index contributed by atoms with van der Waals surface area (Å²) < 4.78 is 0.487. The van der Waals surface area contributed by atoms with E-state index in [1.54, 1.807) is 6.20 Å². The van der Waals surface area contributed by atoms with Gasteiger partial charge in [-0.3, -0.25) is 0 Å². The van der Waals surface area contributed by atoms with Crippen molar-refractivity contribution >= 4 is 26.7 Å². The highest BCUT2D eigenvalue weighted by molar-refractivity contribution is 9.10. The largest absolute Gasteiger partial charge is 0.505 e. The number of rotatable bonds is 0. The first-order chi connectivity index (χ1) is 5.79. The van der Waals surface area contributed by atoms with Crippen LogP contribution in [-0.2, 0) is 0 Å². The molecule has 0 radical (unpaired) electrons. The Morgan fingerprint density at radius 2 is 2.00 bits per heavy atom. The molecule has 12 heavy (non-hydrogen) atoms. The van der Waals surface area contributed by atoms with Gasteiger partial charge < -0.3 is 5.11 Å². The van der Waals surface area contributed by atoms with Crippen LogP contribution in [0.2, 0.25) is 0 Å². The van der Waals surface area contributed by atoms with Crippen LogP contribution in [0.15, 0.2) is 35.1 Å². The van der Waals surface area contributed by atoms with Gasteiger partial charge in [-0.1, -0.05) is 24.3 Å². The van der Waals surface area contributed by atoms with E-state index in [0.717, 1.165) is 10.8 Å². The van der Waals surface area contributed by atoms with Crippen molar-refractivity contribution in [2.75, 3.05) is 0 Å². The molecule has 0 bridgehead atoms. The lowest BCUT2D eigenvalue weighted by atomic mass is 10.2. The number of aromatic hydroxyl groups is 1. The minimum Gasteiger partial charge on any atom is -0.505 e. The standard InChI is InChI=1S/C9H6BrNO/c10-9-8(12)7-4-2-1-3-6(7)5-11-9/h1-5,12H. The Hall–Kier alpha value is -1.09. The fourth-order valence-corrected chi connectivity index (χ4v) is 1.44. The van der Waals surface area contributed by atoms with Crippen molar-refractivity contribution in [1.82, 2.24) is 4.98 Å². The van der Waals surface area contributed by atoms with E-state index in [1.165, 1.54) is 0 Å². The second-order valence-corrected chi connectivity index (χ2v) is 3.24. The first-order valence-corrected chi connectivity index (χ1v) is 4.30. The first-order valence-electron chi connectivity index (χ1n) is 3.51. The van der Waals surface area contributed by atoms with E-state index in [0.29, 0.717) is 4.60 Å². The minimum absolute atomic E-state index is 0.202. The summed E-state index contributed by atoms with van der Waals surface area (Å²) in [5, 5.41) is 11.3. The molecule has 2 aromatic rings. The third-order valence-corrected chi connectivity index (χ3v) is 2.31. The van der Waals surface area contributed by atoms with Crippen molar-refractivity contribution in [2.45, 2.75) is 0 Å². The van der Waals surface area contributed by atoms with Gasteiger partial charge in [-0.15, -0.1) is 0 Å². The fourth-order valence-electron chi connectivity index (χ4n) is 1.12. The van der Waals surface area contributed by atoms with Crippen LogP contribution in [0.4, 0.5) is 0 Å². The highest BCUT2D eigenvalue weighted by Crippen LogP contribution is 2.29. The van der Waals surface area contributed by atoms with Crippen LogP contribution in [0, 0.1) is 0 Å². The molecule has 0 spiro atoms. The number of benzene rings is 1. The van der Waals surface area contributed by atoms with Crippen molar-refractivity contribution in [1.29, 1.82) is 0 Å². The maximum Gasteiger partial charge on any atom is 0.156 e. The molecule has 0 aliphatic rings. The van der Waals surface area contributed by atoms with Crippen LogP contribution in [-0.4, -0.2) is 10.1 Å². The fraction of sp³-hybridized carbons (Fsp3) is 0. The van der Waals surface area contributed by atoms with Gasteiger partial charge in [0.25, 0.3) is 0 Å². The quantitative estimate of drug-likeness (QED) is 0.698. The van der Waals surface area contributed by atoms with Crippen molar-refractivity contribution < 1.29 is 5.11 Å². The van der Waals surface area contributed by atoms with Gasteiger partial charge in [-0.25, -0.2) is 4.98 Å². The molecule has 2 rings (SSSR count). The van der Waals surface area contributed by atoms with Gasteiger partial charge >= 0.3 is 0 Å². The molecule has 0 amide bonds. The second kappa shape index (κ2) is 2.75. The van der Waals surface area contributed by atoms with Gasteiger partial charge in [0.05, 0.1) is 0 Å². The highest BCUT2D eigenvalue weighted by Gasteiger charge is 2.03. The van der Waals surface area contributed by atoms with Crippen LogP contribution in [0.25, 0.3) is 10.8 Å². The second-order valence-electron chi connectivity index (χ2n) is 2.48. The highest BCUT2D eigenvalue weighted by atomic mass is 79.9. The summed E-state index contributed by atoms with van der Waals surface area (Å²) in [6.07, 6.45) is 1.72. The molecule has 1 N–H and O–H groups in total. The molecule has 0 aliphatic heterocycles. The molecule has 1 heterocycles. The average molecular weight is 224 g/mol. The summed E-state index contributed by atoms with van der Waals surface area (Å²) in [6, 6.07) is 7.57. The van der Waals surface area contributed by atoms with E-state index in [9.17, 15) is 5.11 Å². The topological polar surface area (TPSA) is 33.1 Å². The number of hydrogen-bond acceptors (Lipinski definition) is 2. The predicted octanol–water partition coefficient (Wildman–Crippen LogP) is 2.70. The molecule has 2 nitrogen and oxygen atoms in total. The van der Waals surface area contributed by atoms with Crippen molar-refractivity contribution in [3.8, 4) is 5.75 Å². The average Bonchev–Trinajstić information content (AvgIpc) is 2.12. The van der Waals surface area contributed by atoms with E-state index in [2.05, 4.69) is 20.9 Å². The molecular formula is C9H6BrNO. The Bertz CT molecular complexity index is 428. The Morgan fingerprint density at radius 1 is 1.25 bits per heavy atom. The third-order valence-electron chi connectivity index (χ3n) is 1.73. The van der Waals surface area contributed by atoms with Crippen LogP contribution >= 0.6 is 15.9 Å². The zero-order valence-electron chi connectivity index (χ0n) is 6.16. The maximum absolute atomic E-state index is 9.55. The molecule has 0 saturated heterocycles. The molecule has 0 saturated carbocycles. The Morgan fingerprint density at radius 3 is 2.83 bits per heavy atom. The predicted molar refractivity (Wildman–Crippen MR) is 51.1 cm³/mol. The third kappa shape index (κ3) is 1.06. The molecule has 3 heteroatoms. The molecule has 0 aliphatic carbocycles. The molecule has 60 valence electrons. The molecule has 0 unspecified atom stereocenters. The van der Waals surface area contributed by atoms with E-state index in [1.807, 2.05) is 24.3 Å². The van der Waals surface area contributed by atoms with Gasteiger partial charge in [0.2, 0.25) is 0 Å².